The minimum absolute atomic E-state index is 0. The van der Waals surface area contributed by atoms with Crippen LogP contribution in [0.25, 0.3) is 23.1 Å². The summed E-state index contributed by atoms with van der Waals surface area (Å²) in [6, 6.07) is 24.7. The SMILES string of the molecule is COC(=O)c1ccccc1CC[C@H](O)c1cccc(C=Cc2ccc3ccc(Cl)cc3n2)c1.O. The fraction of sp³-hybridized carbons (Fsp3) is 0.143. The van der Waals surface area contributed by atoms with Gasteiger partial charge in [0.2, 0.25) is 0 Å². The van der Waals surface area contributed by atoms with Gasteiger partial charge in [-0.1, -0.05) is 66.2 Å². The van der Waals surface area contributed by atoms with Crippen LogP contribution in [0.4, 0.5) is 0 Å². The Morgan fingerprint density at radius 3 is 2.65 bits per heavy atom. The predicted octanol–water partition coefficient (Wildman–Crippen LogP) is 5.69. The van der Waals surface area contributed by atoms with E-state index in [-0.39, 0.29) is 11.4 Å². The number of hydrogen-bond donors (Lipinski definition) is 1. The third-order valence-corrected chi connectivity index (χ3v) is 5.76. The number of ether oxygens (including phenoxy) is 1. The van der Waals surface area contributed by atoms with Crippen LogP contribution in [-0.2, 0) is 11.2 Å². The van der Waals surface area contributed by atoms with Crippen molar-refractivity contribution in [1.29, 1.82) is 0 Å². The highest BCUT2D eigenvalue weighted by Crippen LogP contribution is 2.23. The Hall–Kier alpha value is -3.51. The van der Waals surface area contributed by atoms with Crippen LogP contribution in [0.2, 0.25) is 5.02 Å². The smallest absolute Gasteiger partial charge is 0.338 e. The molecule has 5 nitrogen and oxygen atoms in total. The number of fused-ring (bicyclic) bond motifs is 1. The van der Waals surface area contributed by atoms with Gasteiger partial charge in [-0.2, -0.15) is 0 Å². The van der Waals surface area contributed by atoms with Gasteiger partial charge in [-0.25, -0.2) is 9.78 Å². The average molecular weight is 476 g/mol. The fourth-order valence-corrected chi connectivity index (χ4v) is 3.92. The molecule has 4 rings (SSSR count). The lowest BCUT2D eigenvalue weighted by atomic mass is 9.97. The van der Waals surface area contributed by atoms with E-state index in [0.29, 0.717) is 23.4 Å². The summed E-state index contributed by atoms with van der Waals surface area (Å²) in [6.45, 7) is 0. The van der Waals surface area contributed by atoms with Crippen molar-refractivity contribution in [2.24, 2.45) is 0 Å². The molecule has 4 aromatic rings. The summed E-state index contributed by atoms with van der Waals surface area (Å²) in [4.78, 5) is 16.6. The molecule has 0 aliphatic rings. The first-order chi connectivity index (χ1) is 16.0. The van der Waals surface area contributed by atoms with Crippen LogP contribution in [0, 0.1) is 0 Å². The molecular formula is C28H26ClNO4. The molecule has 3 N–H and O–H groups in total. The Labute approximate surface area is 203 Å². The molecule has 0 bridgehead atoms. The summed E-state index contributed by atoms with van der Waals surface area (Å²) in [6.07, 6.45) is 4.33. The van der Waals surface area contributed by atoms with Crippen LogP contribution in [0.1, 0.15) is 45.3 Å². The van der Waals surface area contributed by atoms with Crippen molar-refractivity contribution in [2.75, 3.05) is 7.11 Å². The van der Waals surface area contributed by atoms with E-state index < -0.39 is 6.10 Å². The van der Waals surface area contributed by atoms with E-state index >= 15 is 0 Å². The Morgan fingerprint density at radius 1 is 1.03 bits per heavy atom. The fourth-order valence-electron chi connectivity index (χ4n) is 3.76. The van der Waals surface area contributed by atoms with Gasteiger partial charge in [-0.3, -0.25) is 0 Å². The summed E-state index contributed by atoms with van der Waals surface area (Å²) in [5.41, 5.74) is 4.87. The number of carbonyl (C=O) groups excluding carboxylic acids is 1. The van der Waals surface area contributed by atoms with E-state index in [1.54, 1.807) is 12.1 Å². The third-order valence-electron chi connectivity index (χ3n) is 5.53. The Bertz CT molecular complexity index is 1320. The molecule has 0 amide bonds. The van der Waals surface area contributed by atoms with Crippen molar-refractivity contribution in [2.45, 2.75) is 18.9 Å². The van der Waals surface area contributed by atoms with Crippen molar-refractivity contribution < 1.29 is 20.1 Å². The topological polar surface area (TPSA) is 90.9 Å². The number of halogens is 1. The van der Waals surface area contributed by atoms with Crippen LogP contribution in [0.15, 0.2) is 78.9 Å². The molecule has 0 saturated heterocycles. The van der Waals surface area contributed by atoms with Crippen LogP contribution >= 0.6 is 11.6 Å². The molecule has 1 atom stereocenters. The Balaban J connectivity index is 0.00000324. The minimum atomic E-state index is -0.648. The maximum atomic E-state index is 12.0. The molecule has 0 aliphatic carbocycles. The number of rotatable bonds is 7. The quantitative estimate of drug-likeness (QED) is 0.348. The number of aliphatic hydroxyl groups is 1. The summed E-state index contributed by atoms with van der Waals surface area (Å²) >= 11 is 6.08. The number of benzene rings is 3. The molecule has 1 aromatic heterocycles. The van der Waals surface area contributed by atoms with Gasteiger partial charge < -0.3 is 15.3 Å². The summed E-state index contributed by atoms with van der Waals surface area (Å²) in [5, 5.41) is 12.5. The van der Waals surface area contributed by atoms with Crippen LogP contribution in [-0.4, -0.2) is 28.6 Å². The van der Waals surface area contributed by atoms with E-state index in [1.165, 1.54) is 7.11 Å². The van der Waals surface area contributed by atoms with Crippen LogP contribution in [0.3, 0.4) is 0 Å². The van der Waals surface area contributed by atoms with Crippen molar-refractivity contribution in [3.8, 4) is 0 Å². The van der Waals surface area contributed by atoms with Gasteiger partial charge in [0.15, 0.2) is 0 Å². The van der Waals surface area contributed by atoms with Gasteiger partial charge in [0.25, 0.3) is 0 Å². The second-order valence-electron chi connectivity index (χ2n) is 7.78. The van der Waals surface area contributed by atoms with E-state index in [0.717, 1.165) is 33.3 Å². The second kappa shape index (κ2) is 11.6. The highest BCUT2D eigenvalue weighted by molar-refractivity contribution is 6.31. The summed E-state index contributed by atoms with van der Waals surface area (Å²) in [7, 11) is 1.37. The largest absolute Gasteiger partial charge is 0.465 e. The first kappa shape index (κ1) is 25.1. The number of carbonyl (C=O) groups is 1. The number of methoxy groups -OCH3 is 1. The predicted molar refractivity (Wildman–Crippen MR) is 137 cm³/mol. The molecule has 0 aliphatic heterocycles. The van der Waals surface area contributed by atoms with E-state index in [9.17, 15) is 9.90 Å². The van der Waals surface area contributed by atoms with Gasteiger partial charge >= 0.3 is 5.97 Å². The van der Waals surface area contributed by atoms with Crippen molar-refractivity contribution in [3.63, 3.8) is 0 Å². The molecule has 3 aromatic carbocycles. The summed E-state index contributed by atoms with van der Waals surface area (Å²) < 4.78 is 4.86. The monoisotopic (exact) mass is 475 g/mol. The third kappa shape index (κ3) is 6.08. The van der Waals surface area contributed by atoms with Gasteiger partial charge in [-0.05, 0) is 65.9 Å². The zero-order chi connectivity index (χ0) is 23.2. The van der Waals surface area contributed by atoms with Gasteiger partial charge in [-0.15, -0.1) is 0 Å². The zero-order valence-electron chi connectivity index (χ0n) is 18.7. The lowest BCUT2D eigenvalue weighted by Gasteiger charge is -2.13. The number of nitrogens with zero attached hydrogens (tertiary/aromatic N) is 1. The molecular weight excluding hydrogens is 450 g/mol. The standard InChI is InChI=1S/C28H24ClNO3.H2O/c1-33-28(32)25-8-3-2-6-20(25)12-16-27(31)22-7-4-5-19(17-22)9-14-24-15-11-21-10-13-23(29)18-26(21)30-24;/h2-11,13-15,17-18,27,31H,12,16H2,1H3;1H2/t27-;/m0./s1. The normalized spacial score (nSPS) is 11.9. The molecule has 174 valence electrons. The number of aryl methyl sites for hydroxylation is 1. The van der Waals surface area contributed by atoms with Crippen LogP contribution < -0.4 is 0 Å². The van der Waals surface area contributed by atoms with E-state index in [2.05, 4.69) is 4.98 Å². The minimum Gasteiger partial charge on any atom is -0.465 e. The molecule has 6 heteroatoms. The molecule has 0 unspecified atom stereocenters. The first-order valence-electron chi connectivity index (χ1n) is 10.7. The lowest BCUT2D eigenvalue weighted by molar-refractivity contribution is 0.0599. The number of esters is 1. The maximum Gasteiger partial charge on any atom is 0.338 e. The highest BCUT2D eigenvalue weighted by Gasteiger charge is 2.14. The highest BCUT2D eigenvalue weighted by atomic mass is 35.5. The number of aromatic nitrogens is 1. The Morgan fingerprint density at radius 2 is 1.82 bits per heavy atom. The molecule has 34 heavy (non-hydrogen) atoms. The first-order valence-corrected chi connectivity index (χ1v) is 11.1. The number of pyridine rings is 1. The zero-order valence-corrected chi connectivity index (χ0v) is 19.5. The number of aliphatic hydroxyl groups excluding tert-OH is 1. The molecule has 0 fully saturated rings. The van der Waals surface area contributed by atoms with Crippen molar-refractivity contribution in [3.05, 3.63) is 112 Å². The van der Waals surface area contributed by atoms with Crippen molar-refractivity contribution >= 4 is 40.6 Å². The average Bonchev–Trinajstić information content (AvgIpc) is 2.85. The molecule has 1 heterocycles. The van der Waals surface area contributed by atoms with E-state index in [1.807, 2.05) is 78.9 Å². The second-order valence-corrected chi connectivity index (χ2v) is 8.22. The number of hydrogen-bond acceptors (Lipinski definition) is 4. The molecule has 0 spiro atoms. The maximum absolute atomic E-state index is 12.0. The van der Waals surface area contributed by atoms with Crippen molar-refractivity contribution in [1.82, 2.24) is 4.98 Å². The molecule has 0 radical (unpaired) electrons. The lowest BCUT2D eigenvalue weighted by Crippen LogP contribution is -2.07. The Kier molecular flexibility index (Phi) is 8.55. The van der Waals surface area contributed by atoms with Gasteiger partial charge in [0, 0.05) is 10.4 Å². The summed E-state index contributed by atoms with van der Waals surface area (Å²) in [5.74, 6) is -0.364. The molecule has 0 saturated carbocycles. The van der Waals surface area contributed by atoms with Gasteiger partial charge in [0.05, 0.1) is 30.0 Å². The van der Waals surface area contributed by atoms with Gasteiger partial charge in [0.1, 0.15) is 0 Å². The van der Waals surface area contributed by atoms with Crippen LogP contribution in [0.5, 0.6) is 0 Å². The van der Waals surface area contributed by atoms with E-state index in [4.69, 9.17) is 16.3 Å².